The van der Waals surface area contributed by atoms with E-state index >= 15 is 0 Å². The number of nitrogens with one attached hydrogen (secondary N) is 1. The molecule has 0 aliphatic carbocycles. The third-order valence-electron chi connectivity index (χ3n) is 3.85. The lowest BCUT2D eigenvalue weighted by Gasteiger charge is -2.31. The lowest BCUT2D eigenvalue weighted by molar-refractivity contribution is 0.398. The zero-order valence-corrected chi connectivity index (χ0v) is 12.4. The molecule has 1 fully saturated rings. The monoisotopic (exact) mass is 262 g/mol. The lowest BCUT2D eigenvalue weighted by Crippen LogP contribution is -2.44. The summed E-state index contributed by atoms with van der Waals surface area (Å²) >= 11 is 0. The molecule has 0 aromatic carbocycles. The Bertz CT molecular complexity index is 399. The number of anilines is 1. The summed E-state index contributed by atoms with van der Waals surface area (Å²) < 4.78 is 0. The summed E-state index contributed by atoms with van der Waals surface area (Å²) in [6.45, 7) is 9.52. The fraction of sp³-hybridized carbons (Fsp3) is 0.733. The third kappa shape index (κ3) is 3.90. The standard InChI is InChI=1S/C15H26N4/c1-4-9-19(11-14-7-5-6-8-16-14)15-10-17-12(2)13(3)18-15/h10,14,16H,4-9,11H2,1-3H3. The van der Waals surface area contributed by atoms with Crippen molar-refractivity contribution in [1.29, 1.82) is 0 Å². The number of piperidine rings is 1. The number of hydrogen-bond acceptors (Lipinski definition) is 4. The van der Waals surface area contributed by atoms with E-state index in [-0.39, 0.29) is 0 Å². The Kier molecular flexibility index (Phi) is 5.14. The van der Waals surface area contributed by atoms with Crippen LogP contribution in [0.25, 0.3) is 0 Å². The van der Waals surface area contributed by atoms with E-state index in [0.717, 1.165) is 43.3 Å². The van der Waals surface area contributed by atoms with Crippen LogP contribution in [0, 0.1) is 13.8 Å². The van der Waals surface area contributed by atoms with Crippen molar-refractivity contribution >= 4 is 5.82 Å². The van der Waals surface area contributed by atoms with Crippen molar-refractivity contribution in [1.82, 2.24) is 15.3 Å². The third-order valence-corrected chi connectivity index (χ3v) is 3.85. The Morgan fingerprint density at radius 2 is 2.16 bits per heavy atom. The van der Waals surface area contributed by atoms with Crippen LogP contribution in [0.1, 0.15) is 44.0 Å². The minimum absolute atomic E-state index is 0.601. The second kappa shape index (κ2) is 6.85. The molecule has 1 aromatic heterocycles. The molecule has 1 aliphatic rings. The topological polar surface area (TPSA) is 41.0 Å². The molecule has 1 saturated heterocycles. The van der Waals surface area contributed by atoms with Gasteiger partial charge in [0.15, 0.2) is 0 Å². The van der Waals surface area contributed by atoms with Gasteiger partial charge < -0.3 is 10.2 Å². The fourth-order valence-electron chi connectivity index (χ4n) is 2.60. The fourth-order valence-corrected chi connectivity index (χ4v) is 2.60. The first kappa shape index (κ1) is 14.3. The van der Waals surface area contributed by atoms with Crippen molar-refractivity contribution in [2.45, 2.75) is 52.5 Å². The smallest absolute Gasteiger partial charge is 0.147 e. The maximum absolute atomic E-state index is 4.69. The average molecular weight is 262 g/mol. The van der Waals surface area contributed by atoms with Crippen LogP contribution in [-0.4, -0.2) is 35.6 Å². The Morgan fingerprint density at radius 1 is 1.32 bits per heavy atom. The van der Waals surface area contributed by atoms with E-state index in [0.29, 0.717) is 6.04 Å². The molecule has 106 valence electrons. The predicted molar refractivity (Wildman–Crippen MR) is 79.7 cm³/mol. The summed E-state index contributed by atoms with van der Waals surface area (Å²) in [5.41, 5.74) is 2.06. The minimum atomic E-state index is 0.601. The highest BCUT2D eigenvalue weighted by Gasteiger charge is 2.17. The maximum Gasteiger partial charge on any atom is 0.147 e. The van der Waals surface area contributed by atoms with Gasteiger partial charge in [-0.3, -0.25) is 4.98 Å². The Balaban J connectivity index is 2.07. The summed E-state index contributed by atoms with van der Waals surface area (Å²) in [5, 5.41) is 3.61. The normalized spacial score (nSPS) is 19.4. The van der Waals surface area contributed by atoms with Gasteiger partial charge in [0.25, 0.3) is 0 Å². The van der Waals surface area contributed by atoms with E-state index in [1.165, 1.54) is 19.3 Å². The van der Waals surface area contributed by atoms with Crippen molar-refractivity contribution in [3.05, 3.63) is 17.6 Å². The zero-order chi connectivity index (χ0) is 13.7. The molecule has 0 bridgehead atoms. The summed E-state index contributed by atoms with van der Waals surface area (Å²) in [4.78, 5) is 11.5. The van der Waals surface area contributed by atoms with Crippen LogP contribution in [0.15, 0.2) is 6.20 Å². The van der Waals surface area contributed by atoms with Gasteiger partial charge in [-0.05, 0) is 39.7 Å². The van der Waals surface area contributed by atoms with Crippen LogP contribution >= 0.6 is 0 Å². The lowest BCUT2D eigenvalue weighted by atomic mass is 10.0. The molecule has 0 saturated carbocycles. The van der Waals surface area contributed by atoms with Gasteiger partial charge in [-0.1, -0.05) is 13.3 Å². The Morgan fingerprint density at radius 3 is 2.79 bits per heavy atom. The summed E-state index contributed by atoms with van der Waals surface area (Å²) in [6.07, 6.45) is 6.99. The largest absolute Gasteiger partial charge is 0.354 e. The first-order valence-corrected chi connectivity index (χ1v) is 7.49. The van der Waals surface area contributed by atoms with E-state index in [9.17, 15) is 0 Å². The number of rotatable bonds is 5. The van der Waals surface area contributed by atoms with E-state index in [2.05, 4.69) is 22.1 Å². The molecule has 0 radical (unpaired) electrons. The molecular formula is C15H26N4. The van der Waals surface area contributed by atoms with Crippen molar-refractivity contribution in [3.8, 4) is 0 Å². The van der Waals surface area contributed by atoms with Crippen LogP contribution in [0.3, 0.4) is 0 Å². The SMILES string of the molecule is CCCN(CC1CCCCN1)c1cnc(C)c(C)n1. The number of aromatic nitrogens is 2. The molecule has 1 aromatic rings. The zero-order valence-electron chi connectivity index (χ0n) is 12.4. The van der Waals surface area contributed by atoms with E-state index in [1.54, 1.807) is 0 Å². The Hall–Kier alpha value is -1.16. The van der Waals surface area contributed by atoms with Crippen molar-refractivity contribution in [2.24, 2.45) is 0 Å². The molecule has 4 heteroatoms. The van der Waals surface area contributed by atoms with Gasteiger partial charge in [-0.15, -0.1) is 0 Å². The second-order valence-corrected chi connectivity index (χ2v) is 5.49. The van der Waals surface area contributed by atoms with Gasteiger partial charge in [-0.25, -0.2) is 4.98 Å². The van der Waals surface area contributed by atoms with E-state index in [4.69, 9.17) is 4.98 Å². The number of aryl methyl sites for hydroxylation is 2. The van der Waals surface area contributed by atoms with Crippen LogP contribution in [0.5, 0.6) is 0 Å². The predicted octanol–water partition coefficient (Wildman–Crippen LogP) is 2.45. The van der Waals surface area contributed by atoms with Crippen LogP contribution < -0.4 is 10.2 Å². The van der Waals surface area contributed by atoms with Crippen molar-refractivity contribution in [2.75, 3.05) is 24.5 Å². The van der Waals surface area contributed by atoms with Gasteiger partial charge in [0.05, 0.1) is 17.6 Å². The molecule has 19 heavy (non-hydrogen) atoms. The van der Waals surface area contributed by atoms with Gasteiger partial charge in [0.2, 0.25) is 0 Å². The number of hydrogen-bond donors (Lipinski definition) is 1. The van der Waals surface area contributed by atoms with E-state index in [1.807, 2.05) is 20.0 Å². The van der Waals surface area contributed by atoms with Gasteiger partial charge in [0.1, 0.15) is 5.82 Å². The summed E-state index contributed by atoms with van der Waals surface area (Å²) in [6, 6.07) is 0.601. The van der Waals surface area contributed by atoms with E-state index < -0.39 is 0 Å². The van der Waals surface area contributed by atoms with Gasteiger partial charge in [0, 0.05) is 19.1 Å². The highest BCUT2D eigenvalue weighted by molar-refractivity contribution is 5.37. The molecule has 4 nitrogen and oxygen atoms in total. The number of nitrogens with zero attached hydrogens (tertiary/aromatic N) is 3. The Labute approximate surface area is 116 Å². The van der Waals surface area contributed by atoms with Crippen molar-refractivity contribution in [3.63, 3.8) is 0 Å². The summed E-state index contributed by atoms with van der Waals surface area (Å²) in [5.74, 6) is 1.03. The molecule has 1 atom stereocenters. The van der Waals surface area contributed by atoms with Crippen LogP contribution in [0.2, 0.25) is 0 Å². The molecule has 2 rings (SSSR count). The highest BCUT2D eigenvalue weighted by Crippen LogP contribution is 2.15. The quantitative estimate of drug-likeness (QED) is 0.885. The van der Waals surface area contributed by atoms with Crippen molar-refractivity contribution < 1.29 is 0 Å². The molecule has 1 N–H and O–H groups in total. The molecule has 1 unspecified atom stereocenters. The first-order chi connectivity index (χ1) is 9.20. The molecule has 2 heterocycles. The summed E-state index contributed by atoms with van der Waals surface area (Å²) in [7, 11) is 0. The van der Waals surface area contributed by atoms with Crippen LogP contribution in [0.4, 0.5) is 5.82 Å². The minimum Gasteiger partial charge on any atom is -0.354 e. The maximum atomic E-state index is 4.69. The van der Waals surface area contributed by atoms with Crippen LogP contribution in [-0.2, 0) is 0 Å². The van der Waals surface area contributed by atoms with Gasteiger partial charge >= 0.3 is 0 Å². The average Bonchev–Trinajstić information content (AvgIpc) is 2.43. The molecule has 1 aliphatic heterocycles. The molecule has 0 spiro atoms. The highest BCUT2D eigenvalue weighted by atomic mass is 15.2. The van der Waals surface area contributed by atoms with Gasteiger partial charge in [-0.2, -0.15) is 0 Å². The molecule has 0 amide bonds. The first-order valence-electron chi connectivity index (χ1n) is 7.49. The molecular weight excluding hydrogens is 236 g/mol. The second-order valence-electron chi connectivity index (χ2n) is 5.49.